The quantitative estimate of drug-likeness (QED) is 0.417. The van der Waals surface area contributed by atoms with E-state index in [9.17, 15) is 0 Å². The number of nitrogens with zero attached hydrogens (tertiary/aromatic N) is 4. The van der Waals surface area contributed by atoms with Gasteiger partial charge in [0.15, 0.2) is 0 Å². The van der Waals surface area contributed by atoms with Crippen LogP contribution in [0.4, 0.5) is 0 Å². The van der Waals surface area contributed by atoms with Gasteiger partial charge in [-0.25, -0.2) is 0 Å². The van der Waals surface area contributed by atoms with E-state index in [1.54, 1.807) is 0 Å². The van der Waals surface area contributed by atoms with Crippen LogP contribution >= 0.6 is 17.8 Å². The van der Waals surface area contributed by atoms with Crippen LogP contribution in [0.3, 0.4) is 0 Å². The fraction of sp³-hybridized carbons (Fsp3) is 1.00. The largest absolute Gasteiger partial charge is 1.00 e. The summed E-state index contributed by atoms with van der Waals surface area (Å²) in [6.45, 7) is 36.0. The van der Waals surface area contributed by atoms with Crippen LogP contribution in [0.1, 0.15) is 111 Å². The van der Waals surface area contributed by atoms with Crippen LogP contribution in [0.2, 0.25) is 0 Å². The van der Waals surface area contributed by atoms with E-state index in [4.69, 9.17) is 28.5 Å². The number of hydrogen-bond acceptors (Lipinski definition) is 2. The Morgan fingerprint density at radius 2 is 0.853 bits per heavy atom. The van der Waals surface area contributed by atoms with Gasteiger partial charge < -0.3 is 10.6 Å². The first kappa shape index (κ1) is 44.2. The van der Waals surface area contributed by atoms with Crippen molar-refractivity contribution in [2.45, 2.75) is 157 Å². The maximum Gasteiger partial charge on any atom is 1.00 e. The van der Waals surface area contributed by atoms with Crippen LogP contribution in [-0.2, 0) is 0 Å². The van der Waals surface area contributed by atoms with Gasteiger partial charge in [-0.3, -0.25) is 0 Å². The molecule has 0 saturated carbocycles. The topological polar surface area (TPSA) is 34.7 Å². The molecule has 1 aliphatic heterocycles. The molecule has 0 N–H and O–H groups in total. The summed E-state index contributed by atoms with van der Waals surface area (Å²) in [6.07, 6.45) is 0. The maximum absolute atomic E-state index is 4.93. The first-order valence-corrected chi connectivity index (χ1v) is 21.5. The van der Waals surface area contributed by atoms with E-state index in [-0.39, 0.29) is 48.8 Å². The zero-order valence-electron chi connectivity index (χ0n) is 25.9. The second-order valence-corrected chi connectivity index (χ2v) is 20.4. The van der Waals surface area contributed by atoms with Crippen molar-refractivity contribution in [3.8, 4) is 0 Å². The molecule has 10 heteroatoms. The maximum atomic E-state index is 4.93. The fourth-order valence-corrected chi connectivity index (χ4v) is 8.34. The molecule has 0 aromatic carbocycles. The molecule has 192 valence electrons. The molecule has 4 atom stereocenters. The van der Waals surface area contributed by atoms with Crippen LogP contribution < -0.4 is 37.7 Å². The summed E-state index contributed by atoms with van der Waals surface area (Å²) >= 11 is -1.40. The molecular formula is C24H52Cl2Li2N4Sn2. The Hall–Kier alpha value is 3.21. The average Bonchev–Trinajstić information content (AvgIpc) is 2.81. The van der Waals surface area contributed by atoms with Gasteiger partial charge in [0.1, 0.15) is 0 Å². The molecule has 34 heavy (non-hydrogen) atoms. The smallest absolute Gasteiger partial charge is 1.00 e. The third-order valence-electron chi connectivity index (χ3n) is 5.05. The van der Waals surface area contributed by atoms with E-state index in [1.807, 2.05) is 0 Å². The predicted molar refractivity (Wildman–Crippen MR) is 150 cm³/mol. The molecule has 1 fully saturated rings. The second-order valence-electron chi connectivity index (χ2n) is 12.8. The summed E-state index contributed by atoms with van der Waals surface area (Å²) in [5, 5.41) is 9.40. The van der Waals surface area contributed by atoms with E-state index < -0.39 is 40.6 Å². The normalized spacial score (nSPS) is 21.7. The molecule has 0 bridgehead atoms. The minimum absolute atomic E-state index is 0. The summed E-state index contributed by atoms with van der Waals surface area (Å²) in [5.41, 5.74) is 0.780. The molecule has 0 unspecified atom stereocenters. The second kappa shape index (κ2) is 18.5. The summed E-state index contributed by atoms with van der Waals surface area (Å²) in [5.74, 6) is 0. The third kappa shape index (κ3) is 20.2. The zero-order chi connectivity index (χ0) is 26.3. The SMILES string of the molecule is C[C@H]([N-]C(C)(C)C)[C@H](C)[N-]C(C)(C)C.C[C@H]1[C@H](C)[N](C(C)(C)C)[Sn][N]1C(C)(C)C.[Cl][Sn][Cl].[Li+].[Li+]. The standard InChI is InChI=1S/2C12H26N2.2ClH.2Li.2Sn/c2*1-9(13-11(3,4)5)10(2)14-12(6,7)8;;;;;;/h2*9-10H,1-8H3;2*1H;;;;/q2*-2;;;2*+1;2*+2/p-2/t2*9-,10-;;;;;;/m00....../s1. The van der Waals surface area contributed by atoms with Crippen molar-refractivity contribution in [3.05, 3.63) is 10.6 Å². The van der Waals surface area contributed by atoms with E-state index in [0.717, 1.165) is 12.1 Å². The predicted octanol–water partition coefficient (Wildman–Crippen LogP) is 1.63. The van der Waals surface area contributed by atoms with Crippen molar-refractivity contribution < 1.29 is 37.7 Å². The first-order chi connectivity index (χ1) is 14.0. The third-order valence-corrected chi connectivity index (χ3v) is 12.4. The van der Waals surface area contributed by atoms with Gasteiger partial charge in [-0.2, -0.15) is 12.1 Å². The Balaban J connectivity index is -0.000000226. The Morgan fingerprint density at radius 3 is 0.971 bits per heavy atom. The van der Waals surface area contributed by atoms with E-state index in [1.165, 1.54) is 0 Å². The summed E-state index contributed by atoms with van der Waals surface area (Å²) < 4.78 is 5.54. The van der Waals surface area contributed by atoms with Gasteiger partial charge in [-0.15, -0.1) is 11.1 Å². The Kier molecular flexibility index (Phi) is 24.1. The molecule has 1 saturated heterocycles. The van der Waals surface area contributed by atoms with Gasteiger partial charge >= 0.3 is 181 Å². The van der Waals surface area contributed by atoms with Crippen molar-refractivity contribution in [2.75, 3.05) is 0 Å². The van der Waals surface area contributed by atoms with Crippen LogP contribution in [0.25, 0.3) is 10.6 Å². The van der Waals surface area contributed by atoms with Gasteiger partial charge in [-0.05, 0) is 0 Å². The Labute approximate surface area is 267 Å². The molecule has 0 aromatic heterocycles. The van der Waals surface area contributed by atoms with Crippen molar-refractivity contribution in [2.24, 2.45) is 0 Å². The summed E-state index contributed by atoms with van der Waals surface area (Å²) in [7, 11) is 9.87. The van der Waals surface area contributed by atoms with Crippen LogP contribution in [0.15, 0.2) is 0 Å². The van der Waals surface area contributed by atoms with Crippen molar-refractivity contribution >= 4 is 58.4 Å². The molecule has 0 spiro atoms. The van der Waals surface area contributed by atoms with Crippen LogP contribution in [0, 0.1) is 0 Å². The Bertz CT molecular complexity index is 475. The van der Waals surface area contributed by atoms with Gasteiger partial charge in [0.05, 0.1) is 0 Å². The molecular weight excluding hydrogens is 667 g/mol. The molecule has 1 rings (SSSR count). The van der Waals surface area contributed by atoms with Crippen molar-refractivity contribution in [3.63, 3.8) is 0 Å². The number of hydrogen-bond donors (Lipinski definition) is 0. The van der Waals surface area contributed by atoms with Crippen LogP contribution in [-0.4, -0.2) is 93.1 Å². The van der Waals surface area contributed by atoms with Gasteiger partial charge in [0, 0.05) is 0 Å². The molecule has 4 radical (unpaired) electrons. The molecule has 4 nitrogen and oxygen atoms in total. The van der Waals surface area contributed by atoms with Gasteiger partial charge in [0.2, 0.25) is 0 Å². The summed E-state index contributed by atoms with van der Waals surface area (Å²) in [6, 6.07) is 2.04. The first-order valence-electron chi connectivity index (χ1n) is 11.7. The Morgan fingerprint density at radius 1 is 0.647 bits per heavy atom. The van der Waals surface area contributed by atoms with Crippen LogP contribution in [0.5, 0.6) is 0 Å². The van der Waals surface area contributed by atoms with E-state index in [2.05, 4.69) is 117 Å². The fourth-order valence-electron chi connectivity index (χ4n) is 3.69. The molecule has 1 heterocycles. The van der Waals surface area contributed by atoms with E-state index in [0.29, 0.717) is 23.2 Å². The molecule has 1 aliphatic rings. The summed E-state index contributed by atoms with van der Waals surface area (Å²) in [4.78, 5) is 0. The monoisotopic (exact) mass is 720 g/mol. The van der Waals surface area contributed by atoms with E-state index >= 15 is 0 Å². The van der Waals surface area contributed by atoms with Crippen molar-refractivity contribution in [1.82, 2.24) is 6.24 Å². The average molecular weight is 719 g/mol. The van der Waals surface area contributed by atoms with Crippen molar-refractivity contribution in [1.29, 1.82) is 0 Å². The zero-order valence-corrected chi connectivity index (χ0v) is 33.1. The van der Waals surface area contributed by atoms with Gasteiger partial charge in [-0.1, -0.05) is 55.4 Å². The molecule has 0 aromatic rings. The number of halogens is 2. The molecule has 0 aliphatic carbocycles. The minimum Gasteiger partial charge on any atom is 1.00 e. The molecule has 0 amide bonds. The van der Waals surface area contributed by atoms with Gasteiger partial charge in [0.25, 0.3) is 0 Å². The minimum atomic E-state index is -0.826. The number of rotatable bonds is 3.